The van der Waals surface area contributed by atoms with Crippen molar-refractivity contribution in [2.45, 2.75) is 87.5 Å². The second-order valence-electron chi connectivity index (χ2n) is 11.8. The number of aromatic nitrogens is 1. The molecule has 1 aromatic rings. The highest BCUT2D eigenvalue weighted by Crippen LogP contribution is 2.41. The van der Waals surface area contributed by atoms with Crippen LogP contribution in [0.5, 0.6) is 0 Å². The molecule has 4 aliphatic rings. The van der Waals surface area contributed by atoms with E-state index in [1.54, 1.807) is 0 Å². The molecule has 1 amide bonds. The van der Waals surface area contributed by atoms with Gasteiger partial charge in [0.25, 0.3) is 0 Å². The minimum atomic E-state index is -0.00303. The summed E-state index contributed by atoms with van der Waals surface area (Å²) >= 11 is 0. The maximum absolute atomic E-state index is 10.9. The topological polar surface area (TPSA) is 54.5 Å². The number of carbonyl (C=O) groups excluding carboxylic acids is 1. The maximum Gasteiger partial charge on any atom is 0.221 e. The van der Waals surface area contributed by atoms with Gasteiger partial charge in [0.1, 0.15) is 12.4 Å². The number of ether oxygens (including phenoxy) is 1. The van der Waals surface area contributed by atoms with E-state index in [1.165, 1.54) is 42.2 Å². The van der Waals surface area contributed by atoms with Crippen LogP contribution in [0.2, 0.25) is 0 Å². The SMILES string of the molecule is CC.CC.CC(=O)N/C1=C(\C)C=CC/C=C\C1.CC(C)=C/C=C1\COC2=C(C=CC=C=C2)C1C1CCN(CCc2ccccn2)CC1. The van der Waals surface area contributed by atoms with Crippen LogP contribution in [0.3, 0.4) is 0 Å². The fourth-order valence-corrected chi connectivity index (χ4v) is 5.88. The van der Waals surface area contributed by atoms with E-state index in [-0.39, 0.29) is 5.91 Å². The van der Waals surface area contributed by atoms with Gasteiger partial charge in [-0.15, -0.1) is 5.73 Å². The third-order valence-electron chi connectivity index (χ3n) is 8.17. The second kappa shape index (κ2) is 22.6. The monoisotopic (exact) mass is 637 g/mol. The Hall–Kier alpha value is -3.92. The van der Waals surface area contributed by atoms with Gasteiger partial charge in [0.05, 0.1) is 0 Å². The van der Waals surface area contributed by atoms with Crippen LogP contribution in [0.25, 0.3) is 0 Å². The van der Waals surface area contributed by atoms with Gasteiger partial charge in [-0.2, -0.15) is 0 Å². The molecule has 1 N–H and O–H groups in total. The molecule has 0 radical (unpaired) electrons. The molecule has 254 valence electrons. The van der Waals surface area contributed by atoms with Gasteiger partial charge in [-0.1, -0.05) is 87.9 Å². The summed E-state index contributed by atoms with van der Waals surface area (Å²) in [5, 5.41) is 2.84. The molecule has 0 bridgehead atoms. The van der Waals surface area contributed by atoms with Crippen LogP contribution in [-0.4, -0.2) is 42.0 Å². The van der Waals surface area contributed by atoms with Crippen molar-refractivity contribution in [2.24, 2.45) is 11.8 Å². The van der Waals surface area contributed by atoms with E-state index < -0.39 is 0 Å². The normalized spacial score (nSPS) is 22.0. The highest BCUT2D eigenvalue weighted by molar-refractivity contribution is 5.75. The first-order chi connectivity index (χ1) is 22.9. The van der Waals surface area contributed by atoms with Gasteiger partial charge in [-0.25, -0.2) is 0 Å². The van der Waals surface area contributed by atoms with Gasteiger partial charge in [-0.05, 0) is 88.4 Å². The highest BCUT2D eigenvalue weighted by atomic mass is 16.5. The zero-order valence-corrected chi connectivity index (χ0v) is 30.3. The summed E-state index contributed by atoms with van der Waals surface area (Å²) in [6.45, 7) is 19.9. The van der Waals surface area contributed by atoms with E-state index in [4.69, 9.17) is 4.74 Å². The smallest absolute Gasteiger partial charge is 0.221 e. The van der Waals surface area contributed by atoms with Crippen LogP contribution >= 0.6 is 0 Å². The molecule has 47 heavy (non-hydrogen) atoms. The number of rotatable bonds is 6. The van der Waals surface area contributed by atoms with E-state index in [2.05, 4.69) is 95.5 Å². The number of carbonyl (C=O) groups is 1. The minimum absolute atomic E-state index is 0.00303. The number of hydrogen-bond donors (Lipinski definition) is 1. The van der Waals surface area contributed by atoms with Crippen LogP contribution in [0, 0.1) is 11.8 Å². The maximum atomic E-state index is 10.9. The van der Waals surface area contributed by atoms with Gasteiger partial charge in [-0.3, -0.25) is 9.78 Å². The third kappa shape index (κ3) is 13.8. The van der Waals surface area contributed by atoms with E-state index in [9.17, 15) is 4.79 Å². The molecular formula is C42H59N3O2. The predicted molar refractivity (Wildman–Crippen MR) is 200 cm³/mol. The average Bonchev–Trinajstić information content (AvgIpc) is 3.34. The van der Waals surface area contributed by atoms with Crippen molar-refractivity contribution in [3.8, 4) is 0 Å². The first kappa shape index (κ1) is 39.3. The highest BCUT2D eigenvalue weighted by Gasteiger charge is 2.35. The molecule has 5 rings (SSSR count). The Balaban J connectivity index is 0.000000379. The summed E-state index contributed by atoms with van der Waals surface area (Å²) in [7, 11) is 0. The summed E-state index contributed by atoms with van der Waals surface area (Å²) in [6, 6.07) is 6.19. The fraction of sp³-hybridized carbons (Fsp3) is 0.452. The van der Waals surface area contributed by atoms with Crippen LogP contribution in [-0.2, 0) is 16.0 Å². The molecule has 2 aliphatic heterocycles. The van der Waals surface area contributed by atoms with Crippen LogP contribution in [0.1, 0.15) is 86.8 Å². The lowest BCUT2D eigenvalue weighted by molar-refractivity contribution is -0.118. The van der Waals surface area contributed by atoms with Crippen molar-refractivity contribution in [1.82, 2.24) is 15.2 Å². The van der Waals surface area contributed by atoms with Crippen molar-refractivity contribution in [3.63, 3.8) is 0 Å². The molecule has 0 aromatic carbocycles. The van der Waals surface area contributed by atoms with Gasteiger partial charge in [0, 0.05) is 61.5 Å². The largest absolute Gasteiger partial charge is 0.488 e. The van der Waals surface area contributed by atoms with Crippen LogP contribution < -0.4 is 5.32 Å². The molecule has 3 heterocycles. The van der Waals surface area contributed by atoms with E-state index >= 15 is 0 Å². The first-order valence-electron chi connectivity index (χ1n) is 17.6. The molecule has 5 nitrogen and oxygen atoms in total. The van der Waals surface area contributed by atoms with Crippen molar-refractivity contribution in [3.05, 3.63) is 130 Å². The molecule has 1 fully saturated rings. The lowest BCUT2D eigenvalue weighted by atomic mass is 9.74. The Morgan fingerprint density at radius 2 is 1.83 bits per heavy atom. The van der Waals surface area contributed by atoms with Crippen molar-refractivity contribution < 1.29 is 9.53 Å². The lowest BCUT2D eigenvalue weighted by Crippen LogP contribution is -2.39. The Morgan fingerprint density at radius 3 is 2.51 bits per heavy atom. The van der Waals surface area contributed by atoms with Crippen LogP contribution in [0.4, 0.5) is 0 Å². The zero-order valence-electron chi connectivity index (χ0n) is 30.3. The summed E-state index contributed by atoms with van der Waals surface area (Å²) in [5.41, 5.74) is 10.6. The third-order valence-corrected chi connectivity index (χ3v) is 8.17. The molecule has 0 saturated carbocycles. The molecule has 0 spiro atoms. The number of nitrogens with zero attached hydrogens (tertiary/aromatic N) is 2. The predicted octanol–water partition coefficient (Wildman–Crippen LogP) is 9.77. The average molecular weight is 638 g/mol. The van der Waals surface area contributed by atoms with Crippen molar-refractivity contribution in [2.75, 3.05) is 26.2 Å². The zero-order chi connectivity index (χ0) is 34.4. The summed E-state index contributed by atoms with van der Waals surface area (Å²) in [6.07, 6.45) is 28.3. The number of hydrogen-bond acceptors (Lipinski definition) is 4. The Morgan fingerprint density at radius 1 is 1.06 bits per heavy atom. The number of pyridine rings is 1. The van der Waals surface area contributed by atoms with Crippen molar-refractivity contribution in [1.29, 1.82) is 0 Å². The lowest BCUT2D eigenvalue weighted by Gasteiger charge is -2.39. The Bertz CT molecular complexity index is 1390. The van der Waals surface area contributed by atoms with E-state index in [0.717, 1.165) is 55.9 Å². The van der Waals surface area contributed by atoms with Gasteiger partial charge >= 0.3 is 0 Å². The molecule has 2 aliphatic carbocycles. The van der Waals surface area contributed by atoms with E-state index in [0.29, 0.717) is 18.4 Å². The molecule has 1 atom stereocenters. The summed E-state index contributed by atoms with van der Waals surface area (Å²) in [5.74, 6) is 2.08. The van der Waals surface area contributed by atoms with Crippen molar-refractivity contribution >= 4 is 5.91 Å². The first-order valence-corrected chi connectivity index (χ1v) is 17.6. The summed E-state index contributed by atoms with van der Waals surface area (Å²) < 4.78 is 6.11. The standard InChI is InChI=1S/C27H32N2O.C11H15NO.2C2H6/c1-21(2)11-12-23-20-30-26-10-5-3-4-9-25(26)27(23)22-13-17-29(18-14-22)19-15-24-8-6-7-16-28-24;1-9-7-5-3-4-6-8-11(9)12-10(2)13;2*1-2/h3-4,6-12,16,22,27H,13-15,17-20H2,1-2H3;4-7H,3,8H2,1-2H3,(H,12,13);2*1-2H3/b23-12+;6-4-,7-5?,11-9+;;. The summed E-state index contributed by atoms with van der Waals surface area (Å²) in [4.78, 5) is 17.9. The number of nitrogens with one attached hydrogen (secondary N) is 1. The number of piperidine rings is 1. The number of likely N-dealkylation sites (tertiary alicyclic amines) is 1. The Kier molecular flexibility index (Phi) is 18.9. The number of allylic oxidation sites excluding steroid dienone is 12. The van der Waals surface area contributed by atoms with Gasteiger partial charge < -0.3 is 15.0 Å². The van der Waals surface area contributed by atoms with Crippen LogP contribution in [0.15, 0.2) is 125 Å². The second-order valence-corrected chi connectivity index (χ2v) is 11.8. The van der Waals surface area contributed by atoms with Gasteiger partial charge in [0.2, 0.25) is 5.91 Å². The molecule has 1 saturated heterocycles. The molecule has 5 heteroatoms. The quantitative estimate of drug-likeness (QED) is 0.249. The number of amides is 1. The van der Waals surface area contributed by atoms with Gasteiger partial charge in [0.15, 0.2) is 0 Å². The molecule has 1 unspecified atom stereocenters. The Labute approximate surface area is 286 Å². The molecule has 1 aromatic heterocycles. The fourth-order valence-electron chi connectivity index (χ4n) is 5.88. The molecular weight excluding hydrogens is 578 g/mol. The minimum Gasteiger partial charge on any atom is -0.488 e. The van der Waals surface area contributed by atoms with E-state index in [1.807, 2.05) is 59.0 Å².